The number of nitrogens with zero attached hydrogens (tertiary/aromatic N) is 1. The van der Waals surface area contributed by atoms with Gasteiger partial charge in [0, 0.05) is 23.7 Å². The number of rotatable bonds is 18. The minimum Gasteiger partial charge on any atom is -0.492 e. The maximum absolute atomic E-state index is 14.4. The van der Waals surface area contributed by atoms with E-state index in [0.717, 1.165) is 49.1 Å². The normalized spacial score (nSPS) is 15.9. The Balaban J connectivity index is 1.61. The highest BCUT2D eigenvalue weighted by atomic mass is 32.2. The fourth-order valence-electron chi connectivity index (χ4n) is 6.61. The first kappa shape index (κ1) is 39.8. The van der Waals surface area contributed by atoms with Crippen LogP contribution in [0.5, 0.6) is 5.75 Å². The van der Waals surface area contributed by atoms with Crippen LogP contribution in [-0.4, -0.2) is 62.5 Å². The molecule has 0 aromatic heterocycles. The summed E-state index contributed by atoms with van der Waals surface area (Å²) in [6.07, 6.45) is 7.41. The standard InChI is InChI=1S/C39H51N3O7S2/c1-5-8-21-39(22-9-6-2)26-42(29-18-14-11-15-19-29)31-24-33(50-4)32(25-34(31)51(47,48)27-39)49-23-20-35(43)41-36(28-16-12-10-13-17-28)37(44)40-30(7-3)38(45)46/h10-19,24-25,30,36H,5-9,20-23,26-27H2,1-4H3,(H,40,44)(H,41,43)(H,45,46)/t30-,36+/m0/s1. The summed E-state index contributed by atoms with van der Waals surface area (Å²) in [5.41, 5.74) is 1.62. The number of nitrogens with one attached hydrogen (secondary N) is 2. The van der Waals surface area contributed by atoms with Crippen LogP contribution in [0.3, 0.4) is 0 Å². The molecule has 0 saturated heterocycles. The maximum atomic E-state index is 14.4. The number of benzene rings is 3. The van der Waals surface area contributed by atoms with E-state index < -0.39 is 45.1 Å². The van der Waals surface area contributed by atoms with Crippen LogP contribution >= 0.6 is 11.8 Å². The molecule has 0 fully saturated rings. The number of carbonyl (C=O) groups is 3. The zero-order valence-corrected chi connectivity index (χ0v) is 31.7. The van der Waals surface area contributed by atoms with Crippen LogP contribution in [0.2, 0.25) is 0 Å². The van der Waals surface area contributed by atoms with Gasteiger partial charge >= 0.3 is 5.97 Å². The number of carboxylic acid groups (broad SMARTS) is 1. The summed E-state index contributed by atoms with van der Waals surface area (Å²) in [6, 6.07) is 19.8. The number of thioether (sulfide) groups is 1. The number of para-hydroxylation sites is 1. The molecule has 1 aliphatic heterocycles. The van der Waals surface area contributed by atoms with Gasteiger partial charge in [-0.15, -0.1) is 11.8 Å². The number of fused-ring (bicyclic) bond motifs is 1. The number of carboxylic acids is 1. The number of sulfone groups is 1. The topological polar surface area (TPSA) is 142 Å². The molecule has 10 nitrogen and oxygen atoms in total. The van der Waals surface area contributed by atoms with Crippen molar-refractivity contribution in [1.82, 2.24) is 10.6 Å². The average molecular weight is 738 g/mol. The number of hydrogen-bond acceptors (Lipinski definition) is 8. The van der Waals surface area contributed by atoms with Crippen molar-refractivity contribution in [2.75, 3.05) is 30.1 Å². The molecule has 1 aliphatic rings. The van der Waals surface area contributed by atoms with E-state index in [4.69, 9.17) is 4.74 Å². The highest BCUT2D eigenvalue weighted by molar-refractivity contribution is 7.98. The number of hydrogen-bond donors (Lipinski definition) is 3. The van der Waals surface area contributed by atoms with E-state index in [-0.39, 0.29) is 30.1 Å². The second kappa shape index (κ2) is 18.5. The molecule has 0 saturated carbocycles. The highest BCUT2D eigenvalue weighted by Gasteiger charge is 2.42. The van der Waals surface area contributed by atoms with Gasteiger partial charge in [0.25, 0.3) is 0 Å². The van der Waals surface area contributed by atoms with E-state index in [1.807, 2.05) is 42.7 Å². The first-order chi connectivity index (χ1) is 24.5. The molecule has 3 aromatic rings. The van der Waals surface area contributed by atoms with Gasteiger partial charge in [-0.2, -0.15) is 0 Å². The molecule has 1 heterocycles. The van der Waals surface area contributed by atoms with E-state index in [0.29, 0.717) is 23.5 Å². The summed E-state index contributed by atoms with van der Waals surface area (Å²) < 4.78 is 34.9. The third-order valence-electron chi connectivity index (χ3n) is 9.36. The zero-order valence-electron chi connectivity index (χ0n) is 30.0. The van der Waals surface area contributed by atoms with E-state index in [1.54, 1.807) is 43.3 Å². The number of anilines is 2. The van der Waals surface area contributed by atoms with Crippen LogP contribution < -0.4 is 20.3 Å². The van der Waals surface area contributed by atoms with E-state index in [2.05, 4.69) is 29.4 Å². The smallest absolute Gasteiger partial charge is 0.326 e. The molecule has 0 unspecified atom stereocenters. The predicted molar refractivity (Wildman–Crippen MR) is 203 cm³/mol. The summed E-state index contributed by atoms with van der Waals surface area (Å²) in [4.78, 5) is 41.0. The number of unbranched alkanes of at least 4 members (excludes halogenated alkanes) is 2. The molecule has 2 amide bonds. The lowest BCUT2D eigenvalue weighted by Gasteiger charge is -2.37. The van der Waals surface area contributed by atoms with Crippen molar-refractivity contribution in [2.45, 2.75) is 94.0 Å². The summed E-state index contributed by atoms with van der Waals surface area (Å²) in [5, 5.41) is 14.7. The van der Waals surface area contributed by atoms with Crippen LogP contribution in [0.15, 0.2) is 82.6 Å². The summed E-state index contributed by atoms with van der Waals surface area (Å²) in [6.45, 7) is 6.42. The Morgan fingerprint density at radius 2 is 1.57 bits per heavy atom. The van der Waals surface area contributed by atoms with Gasteiger partial charge in [0.1, 0.15) is 17.8 Å². The average Bonchev–Trinajstić information content (AvgIpc) is 3.22. The Morgan fingerprint density at radius 3 is 2.14 bits per heavy atom. The molecule has 4 rings (SSSR count). The van der Waals surface area contributed by atoms with Gasteiger partial charge in [0.2, 0.25) is 11.8 Å². The third kappa shape index (κ3) is 10.3. The molecular formula is C39H51N3O7S2. The van der Waals surface area contributed by atoms with Crippen molar-refractivity contribution in [3.63, 3.8) is 0 Å². The van der Waals surface area contributed by atoms with Gasteiger partial charge in [0.05, 0.1) is 34.3 Å². The lowest BCUT2D eigenvalue weighted by molar-refractivity contribution is -0.142. The quantitative estimate of drug-likeness (QED) is 0.115. The number of aliphatic carboxylic acids is 1. The molecule has 0 aliphatic carbocycles. The lowest BCUT2D eigenvalue weighted by Crippen LogP contribution is -2.47. The molecule has 276 valence electrons. The predicted octanol–water partition coefficient (Wildman–Crippen LogP) is 7.31. The van der Waals surface area contributed by atoms with Gasteiger partial charge in [0.15, 0.2) is 9.84 Å². The first-order valence-electron chi connectivity index (χ1n) is 17.7. The molecule has 3 N–H and O–H groups in total. The van der Waals surface area contributed by atoms with Crippen molar-refractivity contribution < 1.29 is 32.6 Å². The third-order valence-corrected chi connectivity index (χ3v) is 12.1. The molecule has 3 aromatic carbocycles. The largest absolute Gasteiger partial charge is 0.492 e. The van der Waals surface area contributed by atoms with Gasteiger partial charge < -0.3 is 25.4 Å². The van der Waals surface area contributed by atoms with Crippen LogP contribution in [0.4, 0.5) is 11.4 Å². The first-order valence-corrected chi connectivity index (χ1v) is 20.6. The molecular weight excluding hydrogens is 687 g/mol. The molecule has 0 bridgehead atoms. The second-order valence-electron chi connectivity index (χ2n) is 13.2. The number of ether oxygens (including phenoxy) is 1. The molecule has 51 heavy (non-hydrogen) atoms. The number of carbonyl (C=O) groups excluding carboxylic acids is 2. The second-order valence-corrected chi connectivity index (χ2v) is 16.0. The summed E-state index contributed by atoms with van der Waals surface area (Å²) in [7, 11) is -3.75. The molecule has 0 radical (unpaired) electrons. The van der Waals surface area contributed by atoms with Crippen LogP contribution in [0, 0.1) is 5.41 Å². The maximum Gasteiger partial charge on any atom is 0.326 e. The minimum atomic E-state index is -3.75. The fraction of sp³-hybridized carbons (Fsp3) is 0.462. The van der Waals surface area contributed by atoms with Crippen molar-refractivity contribution in [3.8, 4) is 5.75 Å². The van der Waals surface area contributed by atoms with E-state index in [1.165, 1.54) is 11.8 Å². The fourth-order valence-corrected chi connectivity index (χ4v) is 9.27. The van der Waals surface area contributed by atoms with Gasteiger partial charge in [-0.25, -0.2) is 13.2 Å². The van der Waals surface area contributed by atoms with Crippen LogP contribution in [0.1, 0.15) is 83.7 Å². The van der Waals surface area contributed by atoms with Crippen molar-refractivity contribution in [1.29, 1.82) is 0 Å². The Morgan fingerprint density at radius 1 is 0.941 bits per heavy atom. The molecule has 12 heteroatoms. The van der Waals surface area contributed by atoms with Gasteiger partial charge in [-0.05, 0) is 49.3 Å². The van der Waals surface area contributed by atoms with Crippen LogP contribution in [-0.2, 0) is 24.2 Å². The lowest BCUT2D eigenvalue weighted by atomic mass is 9.79. The Kier molecular flexibility index (Phi) is 14.4. The molecule has 0 spiro atoms. The Hall–Kier alpha value is -4.03. The zero-order chi connectivity index (χ0) is 37.0. The van der Waals surface area contributed by atoms with Gasteiger partial charge in [-0.1, -0.05) is 95.0 Å². The Bertz CT molecular complexity index is 1730. The molecule has 2 atom stereocenters. The van der Waals surface area contributed by atoms with Crippen molar-refractivity contribution >= 4 is 50.8 Å². The van der Waals surface area contributed by atoms with E-state index in [9.17, 15) is 27.9 Å². The SMILES string of the molecule is CCCCC1(CCCC)CN(c2ccccc2)c2cc(SC)c(OCCC(=O)N[C@@H](C(=O)N[C@@H](CC)C(=O)O)c3ccccc3)cc2S(=O)(=O)C1. The van der Waals surface area contributed by atoms with Gasteiger partial charge in [-0.3, -0.25) is 9.59 Å². The number of amides is 2. The van der Waals surface area contributed by atoms with Crippen molar-refractivity contribution in [2.24, 2.45) is 5.41 Å². The minimum absolute atomic E-state index is 0.0422. The van der Waals surface area contributed by atoms with Crippen LogP contribution in [0.25, 0.3) is 0 Å². The highest BCUT2D eigenvalue weighted by Crippen LogP contribution is 2.47. The van der Waals surface area contributed by atoms with E-state index >= 15 is 0 Å². The van der Waals surface area contributed by atoms with Crippen molar-refractivity contribution in [3.05, 3.63) is 78.4 Å². The summed E-state index contributed by atoms with van der Waals surface area (Å²) >= 11 is 1.43. The monoisotopic (exact) mass is 737 g/mol. The Labute approximate surface area is 306 Å². The summed E-state index contributed by atoms with van der Waals surface area (Å²) in [5.74, 6) is -1.88.